The standard InChI is InChI=1S/C10H25N2.2ClH/c1-6-8-12(4,5)9-7-10(2,3)11;;/h6-9,11H2,1-5H3;2*1H/q+1;;/p-1. The molecule has 0 unspecified atom stereocenters. The molecule has 0 heterocycles. The average molecular weight is 245 g/mol. The van der Waals surface area contributed by atoms with Crippen LogP contribution >= 0.6 is 12.4 Å². The molecule has 0 saturated heterocycles. The molecule has 4 heteroatoms. The molecule has 2 N–H and O–H groups in total. The molecule has 0 amide bonds. The largest absolute Gasteiger partial charge is 1.00 e. The molecule has 0 aliphatic carbocycles. The number of rotatable bonds is 5. The number of halogens is 2. The maximum Gasteiger partial charge on any atom is 0.0800 e. The van der Waals surface area contributed by atoms with E-state index in [9.17, 15) is 0 Å². The van der Waals surface area contributed by atoms with Crippen molar-refractivity contribution in [2.75, 3.05) is 27.2 Å². The Morgan fingerprint density at radius 1 is 1.14 bits per heavy atom. The Hall–Kier alpha value is 0.500. The van der Waals surface area contributed by atoms with Gasteiger partial charge in [0.2, 0.25) is 0 Å². The lowest BCUT2D eigenvalue weighted by Gasteiger charge is -2.32. The van der Waals surface area contributed by atoms with Crippen LogP contribution in [0, 0.1) is 0 Å². The van der Waals surface area contributed by atoms with Crippen LogP contribution in [0.4, 0.5) is 0 Å². The van der Waals surface area contributed by atoms with Crippen LogP contribution in [0.15, 0.2) is 0 Å². The Kier molecular flexibility index (Phi) is 11.1. The summed E-state index contributed by atoms with van der Waals surface area (Å²) in [6, 6.07) is 0. The van der Waals surface area contributed by atoms with Crippen molar-refractivity contribution in [1.29, 1.82) is 0 Å². The van der Waals surface area contributed by atoms with E-state index in [-0.39, 0.29) is 30.4 Å². The summed E-state index contributed by atoms with van der Waals surface area (Å²) in [5.41, 5.74) is 5.92. The van der Waals surface area contributed by atoms with Gasteiger partial charge in [-0.05, 0) is 20.3 Å². The first kappa shape index (κ1) is 20.0. The number of nitrogens with two attached hydrogens (primary N) is 1. The van der Waals surface area contributed by atoms with Crippen molar-refractivity contribution in [3.05, 3.63) is 0 Å². The first-order valence-corrected chi connectivity index (χ1v) is 4.88. The molecule has 14 heavy (non-hydrogen) atoms. The summed E-state index contributed by atoms with van der Waals surface area (Å²) in [7, 11) is 4.55. The van der Waals surface area contributed by atoms with Gasteiger partial charge >= 0.3 is 0 Å². The highest BCUT2D eigenvalue weighted by atomic mass is 35.5. The fourth-order valence-corrected chi connectivity index (χ4v) is 1.31. The van der Waals surface area contributed by atoms with Gasteiger partial charge in [-0.2, -0.15) is 0 Å². The summed E-state index contributed by atoms with van der Waals surface area (Å²) in [5, 5.41) is 0. The minimum absolute atomic E-state index is 0. The molecule has 0 aliphatic rings. The van der Waals surface area contributed by atoms with E-state index in [0.717, 1.165) is 10.9 Å². The number of nitrogens with zero attached hydrogens (tertiary/aromatic N) is 1. The predicted octanol–water partition coefficient (Wildman–Crippen LogP) is -0.974. The van der Waals surface area contributed by atoms with E-state index in [2.05, 4.69) is 34.9 Å². The lowest BCUT2D eigenvalue weighted by atomic mass is 10.0. The molecule has 0 saturated carbocycles. The Balaban J connectivity index is -0.000000605. The van der Waals surface area contributed by atoms with Crippen LogP contribution < -0.4 is 18.1 Å². The summed E-state index contributed by atoms with van der Waals surface area (Å²) in [4.78, 5) is 0. The fraction of sp³-hybridized carbons (Fsp3) is 1.00. The first-order valence-electron chi connectivity index (χ1n) is 4.88. The molecule has 90 valence electrons. The summed E-state index contributed by atoms with van der Waals surface area (Å²) in [6.45, 7) is 8.85. The Morgan fingerprint density at radius 2 is 1.57 bits per heavy atom. The molecule has 0 aromatic rings. The summed E-state index contributed by atoms with van der Waals surface area (Å²) >= 11 is 0. The van der Waals surface area contributed by atoms with E-state index < -0.39 is 0 Å². The van der Waals surface area contributed by atoms with Gasteiger partial charge in [-0.3, -0.25) is 0 Å². The summed E-state index contributed by atoms with van der Waals surface area (Å²) in [6.07, 6.45) is 2.35. The molecular weight excluding hydrogens is 219 g/mol. The van der Waals surface area contributed by atoms with Crippen molar-refractivity contribution in [3.63, 3.8) is 0 Å². The Morgan fingerprint density at radius 3 is 1.86 bits per heavy atom. The molecular formula is C10H26Cl2N2. The number of hydrogen-bond acceptors (Lipinski definition) is 1. The molecule has 0 fully saturated rings. The molecule has 0 radical (unpaired) electrons. The van der Waals surface area contributed by atoms with E-state index in [1.807, 2.05) is 0 Å². The molecule has 2 nitrogen and oxygen atoms in total. The molecule has 0 aromatic carbocycles. The third kappa shape index (κ3) is 12.5. The Bertz CT molecular complexity index is 131. The van der Waals surface area contributed by atoms with Crippen LogP contribution in [-0.2, 0) is 0 Å². The highest BCUT2D eigenvalue weighted by Crippen LogP contribution is 2.08. The van der Waals surface area contributed by atoms with Crippen LogP contribution in [0.5, 0.6) is 0 Å². The zero-order valence-electron chi connectivity index (χ0n) is 10.1. The van der Waals surface area contributed by atoms with Gasteiger partial charge in [-0.1, -0.05) is 6.92 Å². The summed E-state index contributed by atoms with van der Waals surface area (Å²) < 4.78 is 1.09. The van der Waals surface area contributed by atoms with Gasteiger partial charge in [0, 0.05) is 12.0 Å². The number of hydrogen-bond donors (Lipinski definition) is 1. The van der Waals surface area contributed by atoms with E-state index in [1.165, 1.54) is 19.5 Å². The normalized spacial score (nSPS) is 11.6. The zero-order chi connectivity index (χ0) is 9.83. The molecule has 0 aromatic heterocycles. The predicted molar refractivity (Wildman–Crippen MR) is 62.3 cm³/mol. The van der Waals surface area contributed by atoms with Gasteiger partial charge < -0.3 is 22.6 Å². The van der Waals surface area contributed by atoms with Gasteiger partial charge in [0.05, 0.1) is 27.2 Å². The van der Waals surface area contributed by atoms with E-state index in [0.29, 0.717) is 0 Å². The second kappa shape index (κ2) is 7.75. The monoisotopic (exact) mass is 244 g/mol. The van der Waals surface area contributed by atoms with Gasteiger partial charge in [0.25, 0.3) is 0 Å². The van der Waals surface area contributed by atoms with Gasteiger partial charge in [0.1, 0.15) is 0 Å². The number of quaternary nitrogens is 1. The molecule has 0 aliphatic heterocycles. The van der Waals surface area contributed by atoms with Crippen LogP contribution in [0.2, 0.25) is 0 Å². The first-order chi connectivity index (χ1) is 5.27. The van der Waals surface area contributed by atoms with Crippen molar-refractivity contribution in [2.24, 2.45) is 5.73 Å². The van der Waals surface area contributed by atoms with Crippen molar-refractivity contribution in [1.82, 2.24) is 0 Å². The Labute approximate surface area is 102 Å². The van der Waals surface area contributed by atoms with Gasteiger partial charge in [0.15, 0.2) is 0 Å². The van der Waals surface area contributed by atoms with Crippen molar-refractivity contribution >= 4 is 12.4 Å². The van der Waals surface area contributed by atoms with E-state index in [4.69, 9.17) is 5.73 Å². The molecule has 0 bridgehead atoms. The van der Waals surface area contributed by atoms with Crippen LogP contribution in [0.1, 0.15) is 33.6 Å². The quantitative estimate of drug-likeness (QED) is 0.619. The fourth-order valence-electron chi connectivity index (χ4n) is 1.31. The van der Waals surface area contributed by atoms with Crippen molar-refractivity contribution in [3.8, 4) is 0 Å². The van der Waals surface area contributed by atoms with Crippen LogP contribution in [0.25, 0.3) is 0 Å². The van der Waals surface area contributed by atoms with E-state index >= 15 is 0 Å². The van der Waals surface area contributed by atoms with Crippen LogP contribution in [-0.4, -0.2) is 37.2 Å². The van der Waals surface area contributed by atoms with E-state index in [1.54, 1.807) is 0 Å². The maximum absolute atomic E-state index is 5.93. The molecule has 0 rings (SSSR count). The lowest BCUT2D eigenvalue weighted by Crippen LogP contribution is -3.00. The molecule has 0 spiro atoms. The van der Waals surface area contributed by atoms with Crippen molar-refractivity contribution in [2.45, 2.75) is 39.2 Å². The SMILES string of the molecule is CCC[N+](C)(C)CCC(C)(C)N.Cl.[Cl-]. The smallest absolute Gasteiger partial charge is 0.0800 e. The maximum atomic E-state index is 5.93. The minimum Gasteiger partial charge on any atom is -1.00 e. The lowest BCUT2D eigenvalue weighted by molar-refractivity contribution is -0.890. The minimum atomic E-state index is -0.0107. The second-order valence-corrected chi connectivity index (χ2v) is 5.12. The van der Waals surface area contributed by atoms with Gasteiger partial charge in [-0.15, -0.1) is 12.4 Å². The van der Waals surface area contributed by atoms with Crippen LogP contribution in [0.3, 0.4) is 0 Å². The third-order valence-corrected chi connectivity index (χ3v) is 2.19. The topological polar surface area (TPSA) is 26.0 Å². The molecule has 0 atom stereocenters. The van der Waals surface area contributed by atoms with Gasteiger partial charge in [-0.25, -0.2) is 0 Å². The average Bonchev–Trinajstić information content (AvgIpc) is 1.83. The highest BCUT2D eigenvalue weighted by Gasteiger charge is 2.19. The zero-order valence-corrected chi connectivity index (χ0v) is 11.7. The highest BCUT2D eigenvalue weighted by molar-refractivity contribution is 5.85. The van der Waals surface area contributed by atoms with Crippen molar-refractivity contribution < 1.29 is 16.9 Å². The third-order valence-electron chi connectivity index (χ3n) is 2.19. The second-order valence-electron chi connectivity index (χ2n) is 5.12. The summed E-state index contributed by atoms with van der Waals surface area (Å²) in [5.74, 6) is 0.